The first-order valence-corrected chi connectivity index (χ1v) is 14.1. The lowest BCUT2D eigenvalue weighted by Crippen LogP contribution is -2.68. The number of fused-ring (bicyclic) bond motifs is 5. The molecule has 1 aromatic heterocycles. The van der Waals surface area contributed by atoms with E-state index in [4.69, 9.17) is 13.9 Å². The highest BCUT2D eigenvalue weighted by atomic mass is 16.5. The van der Waals surface area contributed by atoms with Crippen LogP contribution in [-0.2, 0) is 23.9 Å². The molecular formula is C30H38O9. The van der Waals surface area contributed by atoms with Crippen LogP contribution in [0.25, 0.3) is 0 Å². The summed E-state index contributed by atoms with van der Waals surface area (Å²) in [6.45, 7) is 3.98. The van der Waals surface area contributed by atoms with Crippen LogP contribution in [0.4, 0.5) is 0 Å². The summed E-state index contributed by atoms with van der Waals surface area (Å²) in [7, 11) is 0. The Morgan fingerprint density at radius 2 is 1.77 bits per heavy atom. The predicted molar refractivity (Wildman–Crippen MR) is 138 cm³/mol. The van der Waals surface area contributed by atoms with Gasteiger partial charge in [0.05, 0.1) is 29.5 Å². The predicted octanol–water partition coefficient (Wildman–Crippen LogP) is 3.21. The van der Waals surface area contributed by atoms with E-state index < -0.39 is 45.7 Å². The van der Waals surface area contributed by atoms with Gasteiger partial charge in [0, 0.05) is 30.1 Å². The number of rotatable bonds is 6. The van der Waals surface area contributed by atoms with E-state index in [0.717, 1.165) is 30.4 Å². The Kier molecular flexibility index (Phi) is 7.12. The van der Waals surface area contributed by atoms with Crippen molar-refractivity contribution < 1.29 is 38.5 Å². The van der Waals surface area contributed by atoms with Crippen molar-refractivity contribution in [1.29, 1.82) is 0 Å². The second-order valence-electron chi connectivity index (χ2n) is 12.2. The molecule has 9 heteroatoms. The van der Waals surface area contributed by atoms with Crippen LogP contribution in [0.15, 0.2) is 39.8 Å². The zero-order chi connectivity index (χ0) is 28.1. The standard InChI is InChI=1S/C30H38O9/c1-3-37-24(32)6-7-26(34)39-20-8-13-28(18-31)22-9-12-27(2)21(19-4-5-25(33)38-17-19)11-15-30(27,36)23(22)10-14-29(28,35)16-20/h4-7,17-18,20-23,35-36H,3,8-16H2,1-2H3/b7-6+. The number of esters is 2. The lowest BCUT2D eigenvalue weighted by Gasteiger charge is -2.65. The second kappa shape index (κ2) is 10.0. The molecule has 0 aliphatic heterocycles. The Hall–Kier alpha value is -2.78. The van der Waals surface area contributed by atoms with Crippen LogP contribution >= 0.6 is 0 Å². The number of ether oxygens (including phenoxy) is 2. The molecule has 9 nitrogen and oxygen atoms in total. The van der Waals surface area contributed by atoms with Crippen LogP contribution < -0.4 is 5.63 Å². The quantitative estimate of drug-likeness (QED) is 0.315. The molecule has 8 unspecified atom stereocenters. The minimum Gasteiger partial charge on any atom is -0.463 e. The molecule has 8 atom stereocenters. The largest absolute Gasteiger partial charge is 0.463 e. The maximum atomic E-state index is 12.9. The minimum absolute atomic E-state index is 0.0265. The van der Waals surface area contributed by atoms with Gasteiger partial charge in [0.1, 0.15) is 12.4 Å². The van der Waals surface area contributed by atoms with Crippen molar-refractivity contribution in [2.24, 2.45) is 22.7 Å². The maximum absolute atomic E-state index is 12.9. The van der Waals surface area contributed by atoms with Gasteiger partial charge in [0.25, 0.3) is 0 Å². The average Bonchev–Trinajstić information content (AvgIpc) is 3.18. The number of aliphatic hydroxyl groups is 2. The van der Waals surface area contributed by atoms with Crippen molar-refractivity contribution >= 4 is 18.2 Å². The molecule has 2 N–H and O–H groups in total. The minimum atomic E-state index is -1.35. The van der Waals surface area contributed by atoms with Gasteiger partial charge in [-0.1, -0.05) is 6.92 Å². The smallest absolute Gasteiger partial charge is 0.335 e. The van der Waals surface area contributed by atoms with Crippen LogP contribution in [0, 0.1) is 22.7 Å². The molecule has 0 aromatic carbocycles. The molecular weight excluding hydrogens is 504 g/mol. The van der Waals surface area contributed by atoms with E-state index in [0.29, 0.717) is 44.9 Å². The molecule has 0 spiro atoms. The van der Waals surface area contributed by atoms with Gasteiger partial charge in [-0.3, -0.25) is 0 Å². The average molecular weight is 543 g/mol. The topological polar surface area (TPSA) is 140 Å². The molecule has 1 aromatic rings. The summed E-state index contributed by atoms with van der Waals surface area (Å²) in [5, 5.41) is 24.3. The van der Waals surface area contributed by atoms with Crippen LogP contribution in [0.1, 0.15) is 83.1 Å². The van der Waals surface area contributed by atoms with Crippen LogP contribution in [0.2, 0.25) is 0 Å². The molecule has 4 aliphatic carbocycles. The first-order chi connectivity index (χ1) is 18.5. The molecule has 4 fully saturated rings. The normalized spacial score (nSPS) is 41.2. The molecule has 0 saturated heterocycles. The molecule has 0 radical (unpaired) electrons. The second-order valence-corrected chi connectivity index (χ2v) is 12.2. The Morgan fingerprint density at radius 3 is 2.46 bits per heavy atom. The summed E-state index contributed by atoms with van der Waals surface area (Å²) in [4.78, 5) is 48.2. The number of carbonyl (C=O) groups excluding carboxylic acids is 3. The zero-order valence-electron chi connectivity index (χ0n) is 22.6. The lowest BCUT2D eigenvalue weighted by atomic mass is 9.41. The number of aldehydes is 1. The zero-order valence-corrected chi connectivity index (χ0v) is 22.6. The molecule has 4 aliphatic rings. The molecule has 1 heterocycles. The van der Waals surface area contributed by atoms with Crippen molar-refractivity contribution in [2.45, 2.75) is 94.9 Å². The highest BCUT2D eigenvalue weighted by Gasteiger charge is 2.71. The Bertz CT molecular complexity index is 1200. The van der Waals surface area contributed by atoms with E-state index in [1.165, 1.54) is 12.3 Å². The number of hydrogen-bond donors (Lipinski definition) is 2. The summed E-state index contributed by atoms with van der Waals surface area (Å²) < 4.78 is 15.5. The van der Waals surface area contributed by atoms with Gasteiger partial charge in [0.15, 0.2) is 0 Å². The number of carbonyl (C=O) groups is 3. The van der Waals surface area contributed by atoms with Gasteiger partial charge in [-0.2, -0.15) is 0 Å². The Morgan fingerprint density at radius 1 is 1.03 bits per heavy atom. The lowest BCUT2D eigenvalue weighted by molar-refractivity contribution is -0.248. The molecule has 0 bridgehead atoms. The SMILES string of the molecule is CCOC(=O)/C=C/C(=O)OC1CCC2(C=O)C3CCC4(C)C(c5ccc(=O)oc5)CCC4(O)C3CCC2(O)C1. The third-order valence-corrected chi connectivity index (χ3v) is 10.7. The van der Waals surface area contributed by atoms with Crippen molar-refractivity contribution in [3.8, 4) is 0 Å². The number of hydrogen-bond acceptors (Lipinski definition) is 9. The summed E-state index contributed by atoms with van der Waals surface area (Å²) in [5.41, 5.74) is -3.36. The maximum Gasteiger partial charge on any atom is 0.335 e. The van der Waals surface area contributed by atoms with Crippen LogP contribution in [0.5, 0.6) is 0 Å². The summed E-state index contributed by atoms with van der Waals surface area (Å²) in [6.07, 6.45) is 8.34. The summed E-state index contributed by atoms with van der Waals surface area (Å²) in [5.74, 6) is -1.66. The van der Waals surface area contributed by atoms with E-state index in [2.05, 4.69) is 6.92 Å². The van der Waals surface area contributed by atoms with Crippen molar-refractivity contribution in [2.75, 3.05) is 6.61 Å². The van der Waals surface area contributed by atoms with Crippen molar-refractivity contribution in [1.82, 2.24) is 0 Å². The van der Waals surface area contributed by atoms with E-state index >= 15 is 0 Å². The van der Waals surface area contributed by atoms with Crippen LogP contribution in [0.3, 0.4) is 0 Å². The van der Waals surface area contributed by atoms with Gasteiger partial charge in [-0.05, 0) is 87.7 Å². The molecule has 4 saturated carbocycles. The van der Waals surface area contributed by atoms with Gasteiger partial charge in [-0.15, -0.1) is 0 Å². The highest BCUT2D eigenvalue weighted by Crippen LogP contribution is 2.71. The molecule has 0 amide bonds. The molecule has 212 valence electrons. The summed E-state index contributed by atoms with van der Waals surface area (Å²) >= 11 is 0. The van der Waals surface area contributed by atoms with Crippen molar-refractivity contribution in [3.63, 3.8) is 0 Å². The van der Waals surface area contributed by atoms with E-state index in [1.54, 1.807) is 13.0 Å². The third-order valence-electron chi connectivity index (χ3n) is 10.7. The van der Waals surface area contributed by atoms with Gasteiger partial charge in [0.2, 0.25) is 0 Å². The summed E-state index contributed by atoms with van der Waals surface area (Å²) in [6, 6.07) is 3.21. The van der Waals surface area contributed by atoms with Gasteiger partial charge in [-0.25, -0.2) is 14.4 Å². The monoisotopic (exact) mass is 542 g/mol. The fourth-order valence-corrected chi connectivity index (χ4v) is 8.86. The van der Waals surface area contributed by atoms with Crippen molar-refractivity contribution in [3.05, 3.63) is 46.5 Å². The third kappa shape index (κ3) is 4.29. The van der Waals surface area contributed by atoms with Gasteiger partial charge >= 0.3 is 17.6 Å². The van der Waals surface area contributed by atoms with Crippen LogP contribution in [-0.4, -0.2) is 52.4 Å². The first kappa shape index (κ1) is 27.8. The molecule has 5 rings (SSSR count). The Balaban J connectivity index is 1.35. The highest BCUT2D eigenvalue weighted by molar-refractivity contribution is 5.91. The van der Waals surface area contributed by atoms with E-state index in [1.807, 2.05) is 0 Å². The fraction of sp³-hybridized carbons (Fsp3) is 0.667. The fourth-order valence-electron chi connectivity index (χ4n) is 8.86. The first-order valence-electron chi connectivity index (χ1n) is 14.1. The van der Waals surface area contributed by atoms with Gasteiger partial charge < -0.3 is 28.9 Å². The van der Waals surface area contributed by atoms with E-state index in [-0.39, 0.29) is 30.8 Å². The molecule has 39 heavy (non-hydrogen) atoms. The van der Waals surface area contributed by atoms with E-state index in [9.17, 15) is 29.4 Å². The Labute approximate surface area is 227 Å².